The molecule has 0 aliphatic rings. The van der Waals surface area contributed by atoms with Gasteiger partial charge in [-0.25, -0.2) is 0 Å². The maximum atomic E-state index is 12.1. The Hall–Kier alpha value is -0.730. The highest BCUT2D eigenvalue weighted by molar-refractivity contribution is 6.43. The number of benzene rings is 2. The Morgan fingerprint density at radius 1 is 0.842 bits per heavy atom. The predicted octanol–water partition coefficient (Wildman–Crippen LogP) is 5.73. The van der Waals surface area contributed by atoms with Gasteiger partial charge in [0.05, 0.1) is 10.0 Å². The molecule has 0 bridgehead atoms. The Kier molecular flexibility index (Phi) is 4.75. The molecule has 0 heterocycles. The molecule has 0 aliphatic heterocycles. The van der Waals surface area contributed by atoms with E-state index in [-0.39, 0.29) is 12.2 Å². The standard InChI is InChI=1S/C14H8Cl4O/c15-10-3-1-8(2-4-10)14(19)6-9-5-12(17)13(18)7-11(9)16/h1-5,7H,6H2. The van der Waals surface area contributed by atoms with Gasteiger partial charge < -0.3 is 0 Å². The molecule has 0 aromatic heterocycles. The van der Waals surface area contributed by atoms with Crippen LogP contribution in [0, 0.1) is 0 Å². The van der Waals surface area contributed by atoms with E-state index >= 15 is 0 Å². The molecule has 2 rings (SSSR count). The van der Waals surface area contributed by atoms with Crippen molar-refractivity contribution in [2.24, 2.45) is 0 Å². The number of Topliss-reactive ketones (excluding diaryl/α,β-unsaturated/α-hetero) is 1. The molecule has 0 saturated heterocycles. The summed E-state index contributed by atoms with van der Waals surface area (Å²) in [5.74, 6) is -0.0584. The van der Waals surface area contributed by atoms with Crippen LogP contribution in [-0.2, 0) is 6.42 Å². The van der Waals surface area contributed by atoms with Crippen molar-refractivity contribution in [1.29, 1.82) is 0 Å². The minimum Gasteiger partial charge on any atom is -0.294 e. The topological polar surface area (TPSA) is 17.1 Å². The van der Waals surface area contributed by atoms with E-state index in [2.05, 4.69) is 0 Å². The van der Waals surface area contributed by atoms with Gasteiger partial charge in [-0.1, -0.05) is 46.4 Å². The first kappa shape index (κ1) is 14.7. The summed E-state index contributed by atoms with van der Waals surface area (Å²) in [7, 11) is 0. The number of carbonyl (C=O) groups is 1. The van der Waals surface area contributed by atoms with Gasteiger partial charge in [-0.3, -0.25) is 4.79 Å². The molecule has 5 heteroatoms. The van der Waals surface area contributed by atoms with Crippen LogP contribution in [0.1, 0.15) is 15.9 Å². The SMILES string of the molecule is O=C(Cc1cc(Cl)c(Cl)cc1Cl)c1ccc(Cl)cc1. The van der Waals surface area contributed by atoms with Gasteiger partial charge in [0.25, 0.3) is 0 Å². The van der Waals surface area contributed by atoms with Gasteiger partial charge in [-0.15, -0.1) is 0 Å². The smallest absolute Gasteiger partial charge is 0.167 e. The Bertz CT molecular complexity index is 620. The largest absolute Gasteiger partial charge is 0.294 e. The van der Waals surface area contributed by atoms with Crippen LogP contribution in [0.5, 0.6) is 0 Å². The van der Waals surface area contributed by atoms with Gasteiger partial charge in [-0.2, -0.15) is 0 Å². The minimum atomic E-state index is -0.0584. The van der Waals surface area contributed by atoms with Crippen molar-refractivity contribution in [2.75, 3.05) is 0 Å². The average Bonchev–Trinajstić information content (AvgIpc) is 2.36. The molecule has 0 spiro atoms. The van der Waals surface area contributed by atoms with Gasteiger partial charge in [0, 0.05) is 22.0 Å². The van der Waals surface area contributed by atoms with Crippen LogP contribution in [0.15, 0.2) is 36.4 Å². The zero-order valence-corrected chi connectivity index (χ0v) is 12.6. The quantitative estimate of drug-likeness (QED) is 0.518. The average molecular weight is 334 g/mol. The van der Waals surface area contributed by atoms with E-state index in [1.165, 1.54) is 6.07 Å². The van der Waals surface area contributed by atoms with Crippen molar-refractivity contribution in [3.05, 3.63) is 67.6 Å². The van der Waals surface area contributed by atoms with Crippen LogP contribution in [0.3, 0.4) is 0 Å². The Morgan fingerprint density at radius 2 is 1.42 bits per heavy atom. The molecule has 19 heavy (non-hydrogen) atoms. The second kappa shape index (κ2) is 6.15. The van der Waals surface area contributed by atoms with E-state index < -0.39 is 0 Å². The van der Waals surface area contributed by atoms with Crippen molar-refractivity contribution in [1.82, 2.24) is 0 Å². The van der Waals surface area contributed by atoms with Gasteiger partial charge in [0.1, 0.15) is 0 Å². The number of hydrogen-bond acceptors (Lipinski definition) is 1. The van der Waals surface area contributed by atoms with Crippen molar-refractivity contribution in [2.45, 2.75) is 6.42 Å². The molecule has 1 nitrogen and oxygen atoms in total. The van der Waals surface area contributed by atoms with E-state index in [4.69, 9.17) is 46.4 Å². The van der Waals surface area contributed by atoms with Gasteiger partial charge in [0.2, 0.25) is 0 Å². The maximum Gasteiger partial charge on any atom is 0.167 e. The number of ketones is 1. The number of carbonyl (C=O) groups excluding carboxylic acids is 1. The third-order valence-electron chi connectivity index (χ3n) is 2.61. The molecular weight excluding hydrogens is 326 g/mol. The summed E-state index contributed by atoms with van der Waals surface area (Å²) in [6.45, 7) is 0. The highest BCUT2D eigenvalue weighted by Gasteiger charge is 2.12. The predicted molar refractivity (Wildman–Crippen MR) is 81.0 cm³/mol. The lowest BCUT2D eigenvalue weighted by atomic mass is 10.0. The van der Waals surface area contributed by atoms with Crippen LogP contribution in [0.25, 0.3) is 0 Å². The molecule has 0 radical (unpaired) electrons. The molecule has 0 saturated carbocycles. The second-order valence-electron chi connectivity index (χ2n) is 3.96. The summed E-state index contributed by atoms with van der Waals surface area (Å²) in [4.78, 5) is 12.1. The summed E-state index contributed by atoms with van der Waals surface area (Å²) in [5, 5.41) is 1.76. The Balaban J connectivity index is 2.24. The lowest BCUT2D eigenvalue weighted by molar-refractivity contribution is 0.0993. The maximum absolute atomic E-state index is 12.1. The van der Waals surface area contributed by atoms with E-state index in [0.717, 1.165) is 0 Å². The zero-order chi connectivity index (χ0) is 14.0. The first-order chi connectivity index (χ1) is 8.97. The molecule has 0 aliphatic carbocycles. The normalized spacial score (nSPS) is 10.5. The van der Waals surface area contributed by atoms with Crippen molar-refractivity contribution in [3.8, 4) is 0 Å². The number of halogens is 4. The lowest BCUT2D eigenvalue weighted by Crippen LogP contribution is -2.04. The first-order valence-electron chi connectivity index (χ1n) is 5.39. The summed E-state index contributed by atoms with van der Waals surface area (Å²) >= 11 is 23.6. The monoisotopic (exact) mass is 332 g/mol. The highest BCUT2D eigenvalue weighted by atomic mass is 35.5. The summed E-state index contributed by atoms with van der Waals surface area (Å²) in [6, 6.07) is 9.85. The summed E-state index contributed by atoms with van der Waals surface area (Å²) in [5.41, 5.74) is 1.22. The summed E-state index contributed by atoms with van der Waals surface area (Å²) in [6.07, 6.45) is 0.164. The zero-order valence-electron chi connectivity index (χ0n) is 9.59. The third-order valence-corrected chi connectivity index (χ3v) is 3.93. The fourth-order valence-corrected chi connectivity index (χ4v) is 2.37. The van der Waals surface area contributed by atoms with E-state index in [0.29, 0.717) is 31.2 Å². The molecule has 98 valence electrons. The van der Waals surface area contributed by atoms with Crippen LogP contribution in [-0.4, -0.2) is 5.78 Å². The molecule has 0 unspecified atom stereocenters. The van der Waals surface area contributed by atoms with Gasteiger partial charge in [0.15, 0.2) is 5.78 Å². The minimum absolute atomic E-state index is 0.0584. The molecule has 0 fully saturated rings. The Morgan fingerprint density at radius 3 is 2.05 bits per heavy atom. The van der Waals surface area contributed by atoms with Gasteiger partial charge in [-0.05, 0) is 42.0 Å². The molecule has 2 aromatic rings. The fraction of sp³-hybridized carbons (Fsp3) is 0.0714. The number of rotatable bonds is 3. The highest BCUT2D eigenvalue weighted by Crippen LogP contribution is 2.29. The third kappa shape index (κ3) is 3.64. The summed E-state index contributed by atoms with van der Waals surface area (Å²) < 4.78 is 0. The van der Waals surface area contributed by atoms with Crippen LogP contribution in [0.2, 0.25) is 20.1 Å². The van der Waals surface area contributed by atoms with E-state index in [1.807, 2.05) is 0 Å². The van der Waals surface area contributed by atoms with Crippen molar-refractivity contribution >= 4 is 52.2 Å². The molecular formula is C14H8Cl4O. The molecule has 2 aromatic carbocycles. The van der Waals surface area contributed by atoms with Crippen LogP contribution < -0.4 is 0 Å². The second-order valence-corrected chi connectivity index (χ2v) is 5.62. The van der Waals surface area contributed by atoms with Crippen LogP contribution >= 0.6 is 46.4 Å². The Labute approximate surface area is 131 Å². The van der Waals surface area contributed by atoms with Crippen LogP contribution in [0.4, 0.5) is 0 Å². The fourth-order valence-electron chi connectivity index (χ4n) is 1.61. The number of hydrogen-bond donors (Lipinski definition) is 0. The van der Waals surface area contributed by atoms with Crippen molar-refractivity contribution < 1.29 is 4.79 Å². The molecule has 0 atom stereocenters. The van der Waals surface area contributed by atoms with E-state index in [9.17, 15) is 4.79 Å². The molecule has 0 N–H and O–H groups in total. The van der Waals surface area contributed by atoms with E-state index in [1.54, 1.807) is 30.3 Å². The lowest BCUT2D eigenvalue weighted by Gasteiger charge is -2.06. The van der Waals surface area contributed by atoms with Crippen molar-refractivity contribution in [3.63, 3.8) is 0 Å². The first-order valence-corrected chi connectivity index (χ1v) is 6.91. The van der Waals surface area contributed by atoms with Gasteiger partial charge >= 0.3 is 0 Å². The molecule has 0 amide bonds.